The fourth-order valence-corrected chi connectivity index (χ4v) is 4.05. The Labute approximate surface area is 168 Å². The first-order chi connectivity index (χ1) is 13.5. The van der Waals surface area contributed by atoms with E-state index in [2.05, 4.69) is 15.0 Å². The molecule has 0 bridgehead atoms. The van der Waals surface area contributed by atoms with Crippen LogP contribution in [0.25, 0.3) is 9.88 Å². The lowest BCUT2D eigenvalue weighted by atomic mass is 10.2. The first kappa shape index (κ1) is 19.7. The molecule has 0 aliphatic rings. The normalized spacial score (nSPS) is 10.4. The molecule has 3 aromatic rings. The van der Waals surface area contributed by atoms with E-state index in [-0.39, 0.29) is 0 Å². The van der Waals surface area contributed by atoms with Crippen LogP contribution >= 0.6 is 22.7 Å². The van der Waals surface area contributed by atoms with Gasteiger partial charge in [0.25, 0.3) is 5.91 Å². The molecule has 0 fully saturated rings. The van der Waals surface area contributed by atoms with Gasteiger partial charge in [-0.15, -0.1) is 22.7 Å². The number of hydrogen-bond donors (Lipinski definition) is 1. The van der Waals surface area contributed by atoms with Crippen molar-refractivity contribution in [2.45, 2.75) is 6.92 Å². The van der Waals surface area contributed by atoms with Gasteiger partial charge in [-0.25, -0.2) is 14.6 Å². The topological polar surface area (TPSA) is 94.6 Å². The number of aromatic nitrogens is 1. The lowest BCUT2D eigenvalue weighted by Crippen LogP contribution is -2.20. The molecule has 0 spiro atoms. The Kier molecular flexibility index (Phi) is 6.17. The summed E-state index contributed by atoms with van der Waals surface area (Å²) in [6.45, 7) is 1.30. The highest BCUT2D eigenvalue weighted by molar-refractivity contribution is 7.22. The van der Waals surface area contributed by atoms with Gasteiger partial charge in [0.1, 0.15) is 9.88 Å². The number of thiazole rings is 1. The Balaban J connectivity index is 1.56. The van der Waals surface area contributed by atoms with Gasteiger partial charge in [0, 0.05) is 5.69 Å². The fourth-order valence-electron chi connectivity index (χ4n) is 2.29. The Hall–Kier alpha value is -3.04. The van der Waals surface area contributed by atoms with Gasteiger partial charge in [0.2, 0.25) is 0 Å². The number of ether oxygens (including phenoxy) is 2. The molecule has 1 aromatic carbocycles. The van der Waals surface area contributed by atoms with E-state index in [4.69, 9.17) is 4.74 Å². The number of rotatable bonds is 6. The average molecular weight is 416 g/mol. The number of amides is 1. The number of nitrogens with one attached hydrogen (secondary N) is 1. The standard InChI is InChI=1S/C19H16N2O5S2/c1-11-16(28-17(20-11)14-4-3-9-27-14)19(24)26-10-15(22)21-13-7-5-12(6-8-13)18(23)25-2/h3-9H,10H2,1-2H3,(H,21,22). The predicted molar refractivity (Wildman–Crippen MR) is 107 cm³/mol. The first-order valence-corrected chi connectivity index (χ1v) is 9.84. The highest BCUT2D eigenvalue weighted by atomic mass is 32.1. The van der Waals surface area contributed by atoms with E-state index in [0.29, 0.717) is 21.8 Å². The second-order valence-corrected chi connectivity index (χ2v) is 7.55. The second kappa shape index (κ2) is 8.77. The summed E-state index contributed by atoms with van der Waals surface area (Å²) < 4.78 is 9.71. The second-order valence-electron chi connectivity index (χ2n) is 5.60. The highest BCUT2D eigenvalue weighted by Crippen LogP contribution is 2.31. The van der Waals surface area contributed by atoms with E-state index >= 15 is 0 Å². The number of thiophene rings is 1. The minimum Gasteiger partial charge on any atom is -0.465 e. The summed E-state index contributed by atoms with van der Waals surface area (Å²) >= 11 is 2.77. The van der Waals surface area contributed by atoms with Gasteiger partial charge in [0.15, 0.2) is 6.61 Å². The van der Waals surface area contributed by atoms with Crippen LogP contribution in [-0.4, -0.2) is 36.5 Å². The van der Waals surface area contributed by atoms with Crippen molar-refractivity contribution in [2.24, 2.45) is 0 Å². The summed E-state index contributed by atoms with van der Waals surface area (Å²) in [4.78, 5) is 41.4. The number of carbonyl (C=O) groups excluding carboxylic acids is 3. The molecule has 0 unspecified atom stereocenters. The summed E-state index contributed by atoms with van der Waals surface area (Å²) in [5.41, 5.74) is 1.41. The fraction of sp³-hybridized carbons (Fsp3) is 0.158. The summed E-state index contributed by atoms with van der Waals surface area (Å²) in [5.74, 6) is -1.54. The lowest BCUT2D eigenvalue weighted by molar-refractivity contribution is -0.119. The molecular formula is C19H16N2O5S2. The maximum atomic E-state index is 12.3. The van der Waals surface area contributed by atoms with Crippen molar-refractivity contribution in [1.82, 2.24) is 4.98 Å². The number of hydrogen-bond acceptors (Lipinski definition) is 8. The van der Waals surface area contributed by atoms with Gasteiger partial charge in [-0.3, -0.25) is 4.79 Å². The van der Waals surface area contributed by atoms with Gasteiger partial charge in [-0.05, 0) is 42.6 Å². The van der Waals surface area contributed by atoms with E-state index in [1.807, 2.05) is 17.5 Å². The highest BCUT2D eigenvalue weighted by Gasteiger charge is 2.19. The number of aryl methyl sites for hydroxylation is 1. The van der Waals surface area contributed by atoms with Gasteiger partial charge < -0.3 is 14.8 Å². The molecule has 2 heterocycles. The number of methoxy groups -OCH3 is 1. The molecule has 7 nitrogen and oxygen atoms in total. The van der Waals surface area contributed by atoms with Crippen molar-refractivity contribution in [3.63, 3.8) is 0 Å². The van der Waals surface area contributed by atoms with E-state index in [1.165, 1.54) is 41.9 Å². The van der Waals surface area contributed by atoms with Crippen molar-refractivity contribution in [2.75, 3.05) is 19.0 Å². The van der Waals surface area contributed by atoms with Crippen molar-refractivity contribution in [1.29, 1.82) is 0 Å². The molecule has 0 aliphatic carbocycles. The van der Waals surface area contributed by atoms with Crippen molar-refractivity contribution in [3.8, 4) is 9.88 Å². The Morgan fingerprint density at radius 1 is 1.11 bits per heavy atom. The van der Waals surface area contributed by atoms with E-state index in [1.54, 1.807) is 19.1 Å². The average Bonchev–Trinajstić information content (AvgIpc) is 3.36. The van der Waals surface area contributed by atoms with Crippen molar-refractivity contribution in [3.05, 3.63) is 57.9 Å². The van der Waals surface area contributed by atoms with E-state index < -0.39 is 24.5 Å². The quantitative estimate of drug-likeness (QED) is 0.615. The molecule has 0 aliphatic heterocycles. The van der Waals surface area contributed by atoms with Crippen LogP contribution in [0, 0.1) is 6.92 Å². The predicted octanol–water partition coefficient (Wildman–Crippen LogP) is 3.76. The molecular weight excluding hydrogens is 400 g/mol. The third-order valence-corrected chi connectivity index (χ3v) is 5.81. The summed E-state index contributed by atoms with van der Waals surface area (Å²) in [5, 5.41) is 5.28. The summed E-state index contributed by atoms with van der Waals surface area (Å²) in [7, 11) is 1.29. The lowest BCUT2D eigenvalue weighted by Gasteiger charge is -2.07. The zero-order valence-corrected chi connectivity index (χ0v) is 16.7. The molecule has 1 N–H and O–H groups in total. The summed E-state index contributed by atoms with van der Waals surface area (Å²) in [6.07, 6.45) is 0. The van der Waals surface area contributed by atoms with Gasteiger partial charge in [-0.1, -0.05) is 6.07 Å². The van der Waals surface area contributed by atoms with Crippen LogP contribution in [0.15, 0.2) is 41.8 Å². The molecule has 144 valence electrons. The molecule has 0 saturated carbocycles. The van der Waals surface area contributed by atoms with E-state index in [9.17, 15) is 14.4 Å². The minimum atomic E-state index is -0.589. The number of benzene rings is 1. The van der Waals surface area contributed by atoms with Crippen LogP contribution in [0.4, 0.5) is 5.69 Å². The molecule has 0 radical (unpaired) electrons. The molecule has 2 aromatic heterocycles. The summed E-state index contributed by atoms with van der Waals surface area (Å²) in [6, 6.07) is 10.0. The molecule has 0 atom stereocenters. The van der Waals surface area contributed by atoms with Crippen LogP contribution < -0.4 is 5.32 Å². The maximum Gasteiger partial charge on any atom is 0.350 e. The zero-order valence-electron chi connectivity index (χ0n) is 15.1. The Morgan fingerprint density at radius 3 is 2.50 bits per heavy atom. The number of carbonyl (C=O) groups is 3. The molecule has 1 amide bonds. The Morgan fingerprint density at radius 2 is 1.86 bits per heavy atom. The number of esters is 2. The van der Waals surface area contributed by atoms with Crippen LogP contribution in [-0.2, 0) is 14.3 Å². The molecule has 28 heavy (non-hydrogen) atoms. The third kappa shape index (κ3) is 4.62. The van der Waals surface area contributed by atoms with Crippen LogP contribution in [0.2, 0.25) is 0 Å². The molecule has 0 saturated heterocycles. The Bertz CT molecular complexity index is 994. The van der Waals surface area contributed by atoms with Crippen LogP contribution in [0.3, 0.4) is 0 Å². The maximum absolute atomic E-state index is 12.3. The minimum absolute atomic E-state index is 0.370. The van der Waals surface area contributed by atoms with Crippen molar-refractivity contribution < 1.29 is 23.9 Å². The monoisotopic (exact) mass is 416 g/mol. The largest absolute Gasteiger partial charge is 0.465 e. The van der Waals surface area contributed by atoms with Crippen molar-refractivity contribution >= 4 is 46.2 Å². The van der Waals surface area contributed by atoms with Gasteiger partial charge in [-0.2, -0.15) is 0 Å². The zero-order chi connectivity index (χ0) is 20.1. The SMILES string of the molecule is COC(=O)c1ccc(NC(=O)COC(=O)c2sc(-c3cccs3)nc2C)cc1. The molecule has 9 heteroatoms. The number of nitrogens with zero attached hydrogens (tertiary/aromatic N) is 1. The number of anilines is 1. The smallest absolute Gasteiger partial charge is 0.350 e. The third-order valence-electron chi connectivity index (χ3n) is 3.64. The van der Waals surface area contributed by atoms with Crippen LogP contribution in [0.1, 0.15) is 25.7 Å². The van der Waals surface area contributed by atoms with E-state index in [0.717, 1.165) is 9.88 Å². The first-order valence-electron chi connectivity index (χ1n) is 8.14. The van der Waals surface area contributed by atoms with Gasteiger partial charge >= 0.3 is 11.9 Å². The van der Waals surface area contributed by atoms with Gasteiger partial charge in [0.05, 0.1) is 23.2 Å². The molecule has 3 rings (SSSR count). The van der Waals surface area contributed by atoms with Crippen LogP contribution in [0.5, 0.6) is 0 Å².